The molecule has 0 saturated carbocycles. The Morgan fingerprint density at radius 2 is 2.08 bits per heavy atom. The molecule has 0 aliphatic rings. The Balaban J connectivity index is 3.25. The number of nitrogens with zero attached hydrogens (tertiary/aromatic N) is 1. The van der Waals surface area contributed by atoms with Crippen molar-refractivity contribution in [2.45, 2.75) is 6.42 Å². The number of nitrogens with two attached hydrogens (primary N) is 1. The van der Waals surface area contributed by atoms with E-state index in [-0.39, 0.29) is 6.42 Å². The maximum absolute atomic E-state index is 8.45. The molecule has 1 rings (SSSR count). The third-order valence-electron chi connectivity index (χ3n) is 1.49. The Morgan fingerprint density at radius 3 is 2.67 bits per heavy atom. The van der Waals surface area contributed by atoms with Gasteiger partial charge in [0.05, 0.1) is 22.5 Å². The van der Waals surface area contributed by atoms with Crippen molar-refractivity contribution >= 4 is 28.9 Å². The van der Waals surface area contributed by atoms with Gasteiger partial charge >= 0.3 is 0 Å². The van der Waals surface area contributed by atoms with Crippen LogP contribution in [0.5, 0.6) is 0 Å². The highest BCUT2D eigenvalue weighted by molar-refractivity contribution is 6.42. The summed E-state index contributed by atoms with van der Waals surface area (Å²) in [6.07, 6.45) is 0.186. The van der Waals surface area contributed by atoms with Crippen LogP contribution in [0.3, 0.4) is 0 Å². The quantitative estimate of drug-likeness (QED) is 0.710. The summed E-state index contributed by atoms with van der Waals surface area (Å²) >= 11 is 11.5. The molecule has 1 aromatic rings. The number of rotatable bonds is 1. The lowest BCUT2D eigenvalue weighted by atomic mass is 10.1. The molecule has 0 amide bonds. The first-order chi connectivity index (χ1) is 5.66. The topological polar surface area (TPSA) is 49.8 Å². The molecule has 1 aromatic carbocycles. The van der Waals surface area contributed by atoms with Gasteiger partial charge in [0, 0.05) is 11.3 Å². The van der Waals surface area contributed by atoms with Gasteiger partial charge in [0.15, 0.2) is 0 Å². The smallest absolute Gasteiger partial charge is 0.0671 e. The van der Waals surface area contributed by atoms with Crippen LogP contribution < -0.4 is 5.73 Å². The van der Waals surface area contributed by atoms with Crippen molar-refractivity contribution in [3.05, 3.63) is 27.7 Å². The average Bonchev–Trinajstić information content (AvgIpc) is 2.06. The van der Waals surface area contributed by atoms with Gasteiger partial charge in [0.25, 0.3) is 0 Å². The van der Waals surface area contributed by atoms with Gasteiger partial charge in [-0.15, -0.1) is 0 Å². The largest absolute Gasteiger partial charge is 0.398 e. The molecule has 0 heterocycles. The zero-order chi connectivity index (χ0) is 9.14. The standard InChI is InChI=1S/C8H6Cl2N2/c9-6-1-2-7(12)5(3-4-11)8(6)10/h1-2H,3,12H2. The molecule has 0 radical (unpaired) electrons. The second-order valence-corrected chi connectivity index (χ2v) is 3.05. The summed E-state index contributed by atoms with van der Waals surface area (Å²) < 4.78 is 0. The lowest BCUT2D eigenvalue weighted by Gasteiger charge is -2.04. The van der Waals surface area contributed by atoms with Crippen LogP contribution in [0.2, 0.25) is 10.0 Å². The Kier molecular flexibility index (Phi) is 2.80. The SMILES string of the molecule is N#CCc1c(N)ccc(Cl)c1Cl. The number of nitrogen functional groups attached to an aromatic ring is 1. The second kappa shape index (κ2) is 3.66. The highest BCUT2D eigenvalue weighted by Gasteiger charge is 2.07. The van der Waals surface area contributed by atoms with Crippen molar-refractivity contribution in [1.29, 1.82) is 5.26 Å². The fraction of sp³-hybridized carbons (Fsp3) is 0.125. The Morgan fingerprint density at radius 1 is 1.42 bits per heavy atom. The van der Waals surface area contributed by atoms with Gasteiger partial charge in [-0.3, -0.25) is 0 Å². The lowest BCUT2D eigenvalue weighted by molar-refractivity contribution is 1.27. The van der Waals surface area contributed by atoms with E-state index in [1.165, 1.54) is 0 Å². The molecule has 0 saturated heterocycles. The summed E-state index contributed by atoms with van der Waals surface area (Å²) in [5, 5.41) is 9.25. The molecular weight excluding hydrogens is 195 g/mol. The maximum atomic E-state index is 8.45. The molecule has 4 heteroatoms. The molecule has 0 atom stereocenters. The lowest BCUT2D eigenvalue weighted by Crippen LogP contribution is -1.94. The highest BCUT2D eigenvalue weighted by Crippen LogP contribution is 2.30. The fourth-order valence-corrected chi connectivity index (χ4v) is 1.28. The third-order valence-corrected chi connectivity index (χ3v) is 2.33. The number of hydrogen-bond donors (Lipinski definition) is 1. The van der Waals surface area contributed by atoms with Crippen molar-refractivity contribution in [2.24, 2.45) is 0 Å². The van der Waals surface area contributed by atoms with E-state index in [0.29, 0.717) is 21.3 Å². The summed E-state index contributed by atoms with van der Waals surface area (Å²) in [4.78, 5) is 0. The Labute approximate surface area is 80.5 Å². The van der Waals surface area contributed by atoms with Crippen LogP contribution in [-0.4, -0.2) is 0 Å². The van der Waals surface area contributed by atoms with Crippen LogP contribution in [0, 0.1) is 11.3 Å². The van der Waals surface area contributed by atoms with E-state index in [9.17, 15) is 0 Å². The zero-order valence-corrected chi connectivity index (χ0v) is 7.65. The van der Waals surface area contributed by atoms with E-state index in [4.69, 9.17) is 34.2 Å². The molecule has 0 unspecified atom stereocenters. The molecule has 0 aromatic heterocycles. The predicted molar refractivity (Wildman–Crippen MR) is 50.2 cm³/mol. The zero-order valence-electron chi connectivity index (χ0n) is 6.14. The normalized spacial score (nSPS) is 9.42. The fourth-order valence-electron chi connectivity index (χ4n) is 0.866. The van der Waals surface area contributed by atoms with E-state index in [2.05, 4.69) is 0 Å². The van der Waals surface area contributed by atoms with Crippen LogP contribution in [0.4, 0.5) is 5.69 Å². The first kappa shape index (κ1) is 9.18. The summed E-state index contributed by atoms with van der Waals surface area (Å²) in [6.45, 7) is 0. The number of halogens is 2. The third kappa shape index (κ3) is 1.63. The van der Waals surface area contributed by atoms with Gasteiger partial charge in [-0.1, -0.05) is 23.2 Å². The summed E-state index contributed by atoms with van der Waals surface area (Å²) in [5.74, 6) is 0. The molecule has 2 nitrogen and oxygen atoms in total. The van der Waals surface area contributed by atoms with Gasteiger partial charge < -0.3 is 5.73 Å². The minimum Gasteiger partial charge on any atom is -0.398 e. The van der Waals surface area contributed by atoms with Crippen molar-refractivity contribution in [1.82, 2.24) is 0 Å². The van der Waals surface area contributed by atoms with E-state index in [0.717, 1.165) is 0 Å². The van der Waals surface area contributed by atoms with Crippen LogP contribution in [0.25, 0.3) is 0 Å². The number of benzene rings is 1. The second-order valence-electron chi connectivity index (χ2n) is 2.26. The minimum atomic E-state index is 0.186. The van der Waals surface area contributed by atoms with Crippen molar-refractivity contribution in [3.8, 4) is 6.07 Å². The minimum absolute atomic E-state index is 0.186. The van der Waals surface area contributed by atoms with Crippen LogP contribution in [-0.2, 0) is 6.42 Å². The van der Waals surface area contributed by atoms with Crippen molar-refractivity contribution in [3.63, 3.8) is 0 Å². The monoisotopic (exact) mass is 200 g/mol. The van der Waals surface area contributed by atoms with Gasteiger partial charge in [-0.2, -0.15) is 5.26 Å². The highest BCUT2D eigenvalue weighted by atomic mass is 35.5. The molecule has 0 aliphatic carbocycles. The first-order valence-corrected chi connectivity index (χ1v) is 4.01. The van der Waals surface area contributed by atoms with Crippen molar-refractivity contribution < 1.29 is 0 Å². The van der Waals surface area contributed by atoms with Gasteiger partial charge in [0.2, 0.25) is 0 Å². The molecule has 62 valence electrons. The molecule has 0 fully saturated rings. The maximum Gasteiger partial charge on any atom is 0.0671 e. The molecule has 0 aliphatic heterocycles. The summed E-state index contributed by atoms with van der Waals surface area (Å²) in [7, 11) is 0. The predicted octanol–water partition coefficient (Wildman–Crippen LogP) is 2.64. The number of hydrogen-bond acceptors (Lipinski definition) is 2. The van der Waals surface area contributed by atoms with E-state index in [1.807, 2.05) is 6.07 Å². The van der Waals surface area contributed by atoms with Crippen LogP contribution >= 0.6 is 23.2 Å². The number of anilines is 1. The summed E-state index contributed by atoms with van der Waals surface area (Å²) in [6, 6.07) is 5.22. The molecule has 0 bridgehead atoms. The van der Waals surface area contributed by atoms with Crippen molar-refractivity contribution in [2.75, 3.05) is 5.73 Å². The van der Waals surface area contributed by atoms with E-state index < -0.39 is 0 Å². The van der Waals surface area contributed by atoms with Crippen LogP contribution in [0.1, 0.15) is 5.56 Å². The molecule has 2 N–H and O–H groups in total. The number of nitriles is 1. The molecule has 12 heavy (non-hydrogen) atoms. The van der Waals surface area contributed by atoms with Gasteiger partial charge in [-0.05, 0) is 12.1 Å². The summed E-state index contributed by atoms with van der Waals surface area (Å²) in [5.41, 5.74) is 6.69. The Bertz CT molecular complexity index is 342. The molecular formula is C8H6Cl2N2. The van der Waals surface area contributed by atoms with E-state index >= 15 is 0 Å². The Hall–Kier alpha value is -0.910. The van der Waals surface area contributed by atoms with Gasteiger partial charge in [0.1, 0.15) is 0 Å². The van der Waals surface area contributed by atoms with E-state index in [1.54, 1.807) is 12.1 Å². The first-order valence-electron chi connectivity index (χ1n) is 3.26. The molecule has 0 spiro atoms. The average molecular weight is 201 g/mol. The van der Waals surface area contributed by atoms with Crippen LogP contribution in [0.15, 0.2) is 12.1 Å². The van der Waals surface area contributed by atoms with Gasteiger partial charge in [-0.25, -0.2) is 0 Å².